The van der Waals surface area contributed by atoms with Crippen LogP contribution in [-0.2, 0) is 11.2 Å². The summed E-state index contributed by atoms with van der Waals surface area (Å²) >= 11 is 0. The number of carbonyl (C=O) groups excluding carboxylic acids is 1. The highest BCUT2D eigenvalue weighted by Crippen LogP contribution is 2.26. The molecule has 0 radical (unpaired) electrons. The third-order valence-corrected chi connectivity index (χ3v) is 2.95. The monoisotopic (exact) mass is 212 g/mol. The summed E-state index contributed by atoms with van der Waals surface area (Å²) in [6.07, 6.45) is 3.31. The molecule has 0 unspecified atom stereocenters. The second-order valence-corrected chi connectivity index (χ2v) is 4.32. The standard InChI is InChI=1S/C13H12N2O/c1-8-4-12(14-7-8)9-2-3-11-10(5-9)6-13(16)15-11/h2-3,5,7H,4,6H2,1H3,(H,15,16). The molecule has 0 spiro atoms. The number of rotatable bonds is 1. The second kappa shape index (κ2) is 3.30. The van der Waals surface area contributed by atoms with E-state index < -0.39 is 0 Å². The van der Waals surface area contributed by atoms with Crippen molar-refractivity contribution in [3.63, 3.8) is 0 Å². The van der Waals surface area contributed by atoms with E-state index in [2.05, 4.69) is 23.3 Å². The molecule has 0 fully saturated rings. The second-order valence-electron chi connectivity index (χ2n) is 4.32. The van der Waals surface area contributed by atoms with Crippen molar-refractivity contribution < 1.29 is 4.79 Å². The first-order chi connectivity index (χ1) is 7.72. The van der Waals surface area contributed by atoms with Gasteiger partial charge in [-0.3, -0.25) is 9.79 Å². The van der Waals surface area contributed by atoms with Crippen molar-refractivity contribution in [2.24, 2.45) is 4.99 Å². The van der Waals surface area contributed by atoms with E-state index in [1.54, 1.807) is 0 Å². The maximum atomic E-state index is 11.2. The number of allylic oxidation sites excluding steroid dienone is 1. The average Bonchev–Trinajstić information content (AvgIpc) is 2.81. The van der Waals surface area contributed by atoms with Crippen LogP contribution in [0.25, 0.3) is 0 Å². The Bertz CT molecular complexity index is 541. The van der Waals surface area contributed by atoms with Gasteiger partial charge in [-0.1, -0.05) is 6.07 Å². The first-order valence-corrected chi connectivity index (χ1v) is 5.38. The fraction of sp³-hybridized carbons (Fsp3) is 0.231. The lowest BCUT2D eigenvalue weighted by atomic mass is 10.0. The number of nitrogens with one attached hydrogen (secondary N) is 1. The normalized spacial score (nSPS) is 17.9. The predicted octanol–water partition coefficient (Wildman–Crippen LogP) is 2.28. The highest BCUT2D eigenvalue weighted by atomic mass is 16.1. The van der Waals surface area contributed by atoms with E-state index in [1.165, 1.54) is 5.57 Å². The van der Waals surface area contributed by atoms with Gasteiger partial charge in [-0.15, -0.1) is 0 Å². The lowest BCUT2D eigenvalue weighted by molar-refractivity contribution is -0.115. The van der Waals surface area contributed by atoms with Gasteiger partial charge >= 0.3 is 0 Å². The van der Waals surface area contributed by atoms with Crippen molar-refractivity contribution in [1.29, 1.82) is 0 Å². The van der Waals surface area contributed by atoms with Crippen LogP contribution in [-0.4, -0.2) is 11.6 Å². The van der Waals surface area contributed by atoms with E-state index in [-0.39, 0.29) is 5.91 Å². The summed E-state index contributed by atoms with van der Waals surface area (Å²) in [7, 11) is 0. The summed E-state index contributed by atoms with van der Waals surface area (Å²) in [6.45, 7) is 2.08. The molecule has 2 aliphatic rings. The van der Waals surface area contributed by atoms with Crippen molar-refractivity contribution in [3.8, 4) is 0 Å². The minimum atomic E-state index is 0.0785. The SMILES string of the molecule is CC1=CN=C(c2ccc3c(c2)CC(=O)N3)C1. The Morgan fingerprint density at radius 3 is 2.94 bits per heavy atom. The Morgan fingerprint density at radius 2 is 2.19 bits per heavy atom. The van der Waals surface area contributed by atoms with Crippen molar-refractivity contribution in [3.05, 3.63) is 41.1 Å². The molecule has 3 rings (SSSR count). The molecular formula is C13H12N2O. The first-order valence-electron chi connectivity index (χ1n) is 5.38. The number of amides is 1. The molecule has 2 aliphatic heterocycles. The van der Waals surface area contributed by atoms with Gasteiger partial charge in [0.25, 0.3) is 0 Å². The van der Waals surface area contributed by atoms with Crippen molar-refractivity contribution in [2.45, 2.75) is 19.8 Å². The summed E-state index contributed by atoms with van der Waals surface area (Å²) in [5.41, 5.74) is 5.53. The number of hydrogen-bond donors (Lipinski definition) is 1. The van der Waals surface area contributed by atoms with E-state index >= 15 is 0 Å². The van der Waals surface area contributed by atoms with E-state index in [0.29, 0.717) is 6.42 Å². The van der Waals surface area contributed by atoms with Gasteiger partial charge in [-0.05, 0) is 35.8 Å². The molecular weight excluding hydrogens is 200 g/mol. The molecule has 2 heterocycles. The quantitative estimate of drug-likeness (QED) is 0.762. The van der Waals surface area contributed by atoms with E-state index in [9.17, 15) is 4.79 Å². The molecule has 0 aliphatic carbocycles. The van der Waals surface area contributed by atoms with E-state index in [1.807, 2.05) is 18.3 Å². The molecule has 0 bridgehead atoms. The summed E-state index contributed by atoms with van der Waals surface area (Å²) < 4.78 is 0. The van der Waals surface area contributed by atoms with Crippen molar-refractivity contribution in [2.75, 3.05) is 5.32 Å². The van der Waals surface area contributed by atoms with Gasteiger partial charge in [0.05, 0.1) is 12.1 Å². The van der Waals surface area contributed by atoms with Crippen LogP contribution < -0.4 is 5.32 Å². The van der Waals surface area contributed by atoms with Crippen LogP contribution in [0.15, 0.2) is 35.0 Å². The van der Waals surface area contributed by atoms with Crippen LogP contribution in [0.1, 0.15) is 24.5 Å². The highest BCUT2D eigenvalue weighted by molar-refractivity contribution is 6.06. The Balaban J connectivity index is 1.95. The predicted molar refractivity (Wildman–Crippen MR) is 63.7 cm³/mol. The minimum Gasteiger partial charge on any atom is -0.326 e. The largest absolute Gasteiger partial charge is 0.326 e. The number of hydrogen-bond acceptors (Lipinski definition) is 2. The molecule has 1 amide bonds. The lowest BCUT2D eigenvalue weighted by Crippen LogP contribution is -2.03. The van der Waals surface area contributed by atoms with Crippen LogP contribution in [0.2, 0.25) is 0 Å². The molecule has 3 heteroatoms. The molecule has 80 valence electrons. The number of benzene rings is 1. The molecule has 1 N–H and O–H groups in total. The lowest BCUT2D eigenvalue weighted by Gasteiger charge is -2.04. The number of carbonyl (C=O) groups is 1. The number of aliphatic imine (C=N–C) groups is 1. The van der Waals surface area contributed by atoms with Gasteiger partial charge in [-0.25, -0.2) is 0 Å². The maximum absolute atomic E-state index is 11.2. The van der Waals surface area contributed by atoms with E-state index in [0.717, 1.165) is 28.9 Å². The van der Waals surface area contributed by atoms with Gasteiger partial charge in [0, 0.05) is 18.3 Å². The van der Waals surface area contributed by atoms with Crippen LogP contribution in [0.5, 0.6) is 0 Å². The summed E-state index contributed by atoms with van der Waals surface area (Å²) in [5, 5.41) is 2.83. The average molecular weight is 212 g/mol. The van der Waals surface area contributed by atoms with Gasteiger partial charge in [0.15, 0.2) is 0 Å². The Morgan fingerprint density at radius 1 is 1.31 bits per heavy atom. The zero-order valence-electron chi connectivity index (χ0n) is 9.08. The Hall–Kier alpha value is -1.90. The Labute approximate surface area is 93.9 Å². The van der Waals surface area contributed by atoms with Crippen LogP contribution in [0.4, 0.5) is 5.69 Å². The maximum Gasteiger partial charge on any atom is 0.228 e. The topological polar surface area (TPSA) is 41.5 Å². The number of nitrogens with zero attached hydrogens (tertiary/aromatic N) is 1. The fourth-order valence-corrected chi connectivity index (χ4v) is 2.13. The van der Waals surface area contributed by atoms with Gasteiger partial charge in [0.2, 0.25) is 5.91 Å². The Kier molecular flexibility index (Phi) is 1.93. The number of anilines is 1. The highest BCUT2D eigenvalue weighted by Gasteiger charge is 2.19. The molecule has 3 nitrogen and oxygen atoms in total. The van der Waals surface area contributed by atoms with Gasteiger partial charge in [0.1, 0.15) is 0 Å². The molecule has 0 saturated carbocycles. The van der Waals surface area contributed by atoms with Crippen LogP contribution in [0, 0.1) is 0 Å². The number of fused-ring (bicyclic) bond motifs is 1. The van der Waals surface area contributed by atoms with Crippen molar-refractivity contribution >= 4 is 17.3 Å². The minimum absolute atomic E-state index is 0.0785. The zero-order chi connectivity index (χ0) is 11.1. The zero-order valence-corrected chi connectivity index (χ0v) is 9.08. The summed E-state index contributed by atoms with van der Waals surface area (Å²) in [6, 6.07) is 6.06. The molecule has 1 aromatic carbocycles. The van der Waals surface area contributed by atoms with Crippen LogP contribution >= 0.6 is 0 Å². The third-order valence-electron chi connectivity index (χ3n) is 2.95. The molecule has 1 aromatic rings. The molecule has 0 aromatic heterocycles. The molecule has 16 heavy (non-hydrogen) atoms. The van der Waals surface area contributed by atoms with Crippen LogP contribution in [0.3, 0.4) is 0 Å². The van der Waals surface area contributed by atoms with E-state index in [4.69, 9.17) is 0 Å². The summed E-state index contributed by atoms with van der Waals surface area (Å²) in [4.78, 5) is 15.6. The van der Waals surface area contributed by atoms with Gasteiger partial charge < -0.3 is 5.32 Å². The van der Waals surface area contributed by atoms with Crippen molar-refractivity contribution in [1.82, 2.24) is 0 Å². The van der Waals surface area contributed by atoms with Gasteiger partial charge in [-0.2, -0.15) is 0 Å². The molecule has 0 atom stereocenters. The third kappa shape index (κ3) is 1.45. The first kappa shape index (κ1) is 9.33. The smallest absolute Gasteiger partial charge is 0.228 e. The fourth-order valence-electron chi connectivity index (χ4n) is 2.13. The summed E-state index contributed by atoms with van der Waals surface area (Å²) in [5.74, 6) is 0.0785. The molecule has 0 saturated heterocycles.